The van der Waals surface area contributed by atoms with E-state index in [0.29, 0.717) is 34.7 Å². The molecule has 0 spiro atoms. The number of carbonyl (C=O) groups is 1. The Labute approximate surface area is 198 Å². The van der Waals surface area contributed by atoms with Gasteiger partial charge in [-0.2, -0.15) is 0 Å². The molecule has 0 fully saturated rings. The number of carboxylic acids is 1. The molecule has 1 aliphatic rings. The van der Waals surface area contributed by atoms with Crippen molar-refractivity contribution in [1.29, 1.82) is 0 Å². The summed E-state index contributed by atoms with van der Waals surface area (Å²) in [7, 11) is 0. The Morgan fingerprint density at radius 3 is 2.89 bits per heavy atom. The fourth-order valence-corrected chi connectivity index (χ4v) is 4.74. The number of carboxylic acid groups (broad SMARTS) is 1. The van der Waals surface area contributed by atoms with Gasteiger partial charge in [0.05, 0.1) is 28.0 Å². The number of aryl methyl sites for hydroxylation is 1. The highest BCUT2D eigenvalue weighted by molar-refractivity contribution is 5.92. The van der Waals surface area contributed by atoms with E-state index in [9.17, 15) is 14.7 Å². The van der Waals surface area contributed by atoms with Crippen LogP contribution < -0.4 is 10.4 Å². The molecule has 0 aliphatic carbocycles. The first-order chi connectivity index (χ1) is 17.0. The fraction of sp³-hybridized carbons (Fsp3) is 0.154. The Balaban J connectivity index is 1.49. The molecule has 9 heteroatoms. The van der Waals surface area contributed by atoms with Crippen LogP contribution in [-0.4, -0.2) is 37.4 Å². The molecule has 4 heterocycles. The Hall–Kier alpha value is -4.66. The first kappa shape index (κ1) is 20.9. The van der Waals surface area contributed by atoms with E-state index in [1.165, 1.54) is 0 Å². The van der Waals surface area contributed by atoms with Gasteiger partial charge in [0.2, 0.25) is 0 Å². The van der Waals surface area contributed by atoms with Gasteiger partial charge in [-0.15, -0.1) is 0 Å². The molecule has 0 bridgehead atoms. The Kier molecular flexibility index (Phi) is 4.77. The lowest BCUT2D eigenvalue weighted by atomic mass is 9.97. The fourth-order valence-electron chi connectivity index (χ4n) is 4.74. The number of nitrogens with zero attached hydrogens (tertiary/aromatic N) is 3. The monoisotopic (exact) mass is 468 g/mol. The largest absolute Gasteiger partial charge is 0.488 e. The Morgan fingerprint density at radius 2 is 2.09 bits per heavy atom. The zero-order chi connectivity index (χ0) is 24.1. The van der Waals surface area contributed by atoms with Crippen LogP contribution in [0.25, 0.3) is 22.2 Å². The van der Waals surface area contributed by atoms with Crippen LogP contribution >= 0.6 is 0 Å². The molecule has 174 valence electrons. The van der Waals surface area contributed by atoms with Crippen LogP contribution in [0.1, 0.15) is 39.1 Å². The molecule has 1 aliphatic heterocycles. The predicted octanol–water partition coefficient (Wildman–Crippen LogP) is 3.96. The van der Waals surface area contributed by atoms with Crippen molar-refractivity contribution < 1.29 is 19.2 Å². The SMILES string of the molecule is Cc1noc(Cc2cccc(C(=O)O)c2)c1-c1ccc2[nH]c(=O)n3c2c1OCC3c1ccccn1. The summed E-state index contributed by atoms with van der Waals surface area (Å²) in [5.74, 6) is 0.164. The van der Waals surface area contributed by atoms with Gasteiger partial charge in [-0.25, -0.2) is 9.59 Å². The maximum absolute atomic E-state index is 12.9. The van der Waals surface area contributed by atoms with Crippen molar-refractivity contribution in [2.24, 2.45) is 0 Å². The van der Waals surface area contributed by atoms with Crippen LogP contribution in [0.5, 0.6) is 5.75 Å². The van der Waals surface area contributed by atoms with E-state index >= 15 is 0 Å². The van der Waals surface area contributed by atoms with E-state index in [-0.39, 0.29) is 23.9 Å². The van der Waals surface area contributed by atoms with Crippen molar-refractivity contribution in [2.45, 2.75) is 19.4 Å². The third-order valence-corrected chi connectivity index (χ3v) is 6.30. The van der Waals surface area contributed by atoms with Gasteiger partial charge in [-0.05, 0) is 48.9 Å². The topological polar surface area (TPSA) is 123 Å². The van der Waals surface area contributed by atoms with Crippen LogP contribution in [0.2, 0.25) is 0 Å². The smallest absolute Gasteiger partial charge is 0.335 e. The van der Waals surface area contributed by atoms with E-state index in [0.717, 1.165) is 22.4 Å². The zero-order valence-electron chi connectivity index (χ0n) is 18.7. The number of ether oxygens (including phenoxy) is 1. The number of hydrogen-bond donors (Lipinski definition) is 2. The first-order valence-corrected chi connectivity index (χ1v) is 11.1. The number of aromatic amines is 1. The van der Waals surface area contributed by atoms with Crippen LogP contribution in [0, 0.1) is 6.92 Å². The molecule has 5 aromatic rings. The molecule has 2 N–H and O–H groups in total. The van der Waals surface area contributed by atoms with E-state index < -0.39 is 5.97 Å². The minimum Gasteiger partial charge on any atom is -0.488 e. The molecule has 9 nitrogen and oxygen atoms in total. The van der Waals surface area contributed by atoms with Gasteiger partial charge in [-0.1, -0.05) is 23.4 Å². The summed E-state index contributed by atoms with van der Waals surface area (Å²) < 4.78 is 13.6. The summed E-state index contributed by atoms with van der Waals surface area (Å²) in [6.45, 7) is 2.09. The Bertz CT molecular complexity index is 1650. The predicted molar refractivity (Wildman–Crippen MR) is 127 cm³/mol. The lowest BCUT2D eigenvalue weighted by Crippen LogP contribution is -2.31. The third-order valence-electron chi connectivity index (χ3n) is 6.30. The molecule has 35 heavy (non-hydrogen) atoms. The lowest BCUT2D eigenvalue weighted by molar-refractivity contribution is 0.0696. The summed E-state index contributed by atoms with van der Waals surface area (Å²) >= 11 is 0. The van der Waals surface area contributed by atoms with Crippen molar-refractivity contribution >= 4 is 17.0 Å². The Morgan fingerprint density at radius 1 is 1.20 bits per heavy atom. The first-order valence-electron chi connectivity index (χ1n) is 11.1. The average molecular weight is 468 g/mol. The second-order valence-corrected chi connectivity index (χ2v) is 8.47. The standard InChI is InChI=1S/C26H20N4O5/c1-14-22(21(35-29-14)12-15-5-4-6-16(11-15)25(31)32)17-8-9-19-23-24(17)34-13-20(30(23)26(33)28-19)18-7-2-3-10-27-18/h2-11,20H,12-13H2,1H3,(H,28,33)(H,31,32). The minimum atomic E-state index is -0.989. The summed E-state index contributed by atoms with van der Waals surface area (Å²) in [5, 5.41) is 13.5. The zero-order valence-corrected chi connectivity index (χ0v) is 18.7. The van der Waals surface area contributed by atoms with Gasteiger partial charge >= 0.3 is 11.7 Å². The molecule has 0 saturated heterocycles. The third kappa shape index (κ3) is 3.40. The highest BCUT2D eigenvalue weighted by Gasteiger charge is 2.31. The normalized spacial score (nSPS) is 14.7. The highest BCUT2D eigenvalue weighted by atomic mass is 16.5. The maximum Gasteiger partial charge on any atom is 0.335 e. The molecule has 1 unspecified atom stereocenters. The van der Waals surface area contributed by atoms with Crippen LogP contribution in [0.4, 0.5) is 0 Å². The molecule has 2 aromatic carbocycles. The van der Waals surface area contributed by atoms with E-state index in [2.05, 4.69) is 15.1 Å². The number of imidazole rings is 1. The number of nitrogens with one attached hydrogen (secondary N) is 1. The number of pyridine rings is 1. The number of hydrogen-bond acceptors (Lipinski definition) is 6. The number of aromatic carboxylic acids is 1. The van der Waals surface area contributed by atoms with E-state index in [1.54, 1.807) is 29.0 Å². The average Bonchev–Trinajstić information content (AvgIpc) is 3.40. The summed E-state index contributed by atoms with van der Waals surface area (Å²) in [6, 6.07) is 15.7. The molecule has 6 rings (SSSR count). The van der Waals surface area contributed by atoms with Gasteiger partial charge in [0.15, 0.2) is 5.75 Å². The molecular weight excluding hydrogens is 448 g/mol. The van der Waals surface area contributed by atoms with Gasteiger partial charge in [0.1, 0.15) is 23.9 Å². The number of H-pyrrole nitrogens is 1. The molecule has 3 aromatic heterocycles. The molecule has 0 radical (unpaired) electrons. The minimum absolute atomic E-state index is 0.206. The van der Waals surface area contributed by atoms with Crippen molar-refractivity contribution in [2.75, 3.05) is 6.61 Å². The van der Waals surface area contributed by atoms with Crippen molar-refractivity contribution in [3.05, 3.63) is 99.6 Å². The van der Waals surface area contributed by atoms with Crippen LogP contribution in [0.3, 0.4) is 0 Å². The molecule has 1 atom stereocenters. The van der Waals surface area contributed by atoms with Crippen molar-refractivity contribution in [3.8, 4) is 16.9 Å². The quantitative estimate of drug-likeness (QED) is 0.400. The second-order valence-electron chi connectivity index (χ2n) is 8.47. The van der Waals surface area contributed by atoms with Crippen molar-refractivity contribution in [1.82, 2.24) is 19.7 Å². The highest BCUT2D eigenvalue weighted by Crippen LogP contribution is 2.43. The molecule has 0 saturated carbocycles. The van der Waals surface area contributed by atoms with Crippen molar-refractivity contribution in [3.63, 3.8) is 0 Å². The van der Waals surface area contributed by atoms with Gasteiger partial charge < -0.3 is 19.4 Å². The van der Waals surface area contributed by atoms with Crippen LogP contribution in [-0.2, 0) is 6.42 Å². The van der Waals surface area contributed by atoms with Gasteiger partial charge in [-0.3, -0.25) is 9.55 Å². The summed E-state index contributed by atoms with van der Waals surface area (Å²) in [6.07, 6.45) is 2.05. The number of benzene rings is 2. The number of rotatable bonds is 5. The second kappa shape index (κ2) is 7.98. The lowest BCUT2D eigenvalue weighted by Gasteiger charge is -2.26. The van der Waals surface area contributed by atoms with E-state index in [4.69, 9.17) is 9.26 Å². The molecule has 0 amide bonds. The van der Waals surface area contributed by atoms with Gasteiger partial charge in [0, 0.05) is 18.2 Å². The maximum atomic E-state index is 12.9. The van der Waals surface area contributed by atoms with E-state index in [1.807, 2.05) is 43.3 Å². The van der Waals surface area contributed by atoms with Crippen LogP contribution in [0.15, 0.2) is 70.1 Å². The molecular formula is C26H20N4O5. The summed E-state index contributed by atoms with van der Waals surface area (Å²) in [4.78, 5) is 31.7. The number of aromatic nitrogens is 4. The summed E-state index contributed by atoms with van der Waals surface area (Å²) in [5.41, 5.74) is 5.02. The van der Waals surface area contributed by atoms with Gasteiger partial charge in [0.25, 0.3) is 0 Å².